The number of hydrogen-bond donors (Lipinski definition) is 1. The second kappa shape index (κ2) is 6.97. The first-order chi connectivity index (χ1) is 14.1. The predicted molar refractivity (Wildman–Crippen MR) is 117 cm³/mol. The summed E-state index contributed by atoms with van der Waals surface area (Å²) in [7, 11) is 0. The summed E-state index contributed by atoms with van der Waals surface area (Å²) in [5.74, 6) is 1.83. The summed E-state index contributed by atoms with van der Waals surface area (Å²) in [5, 5.41) is 1.46. The van der Waals surface area contributed by atoms with Gasteiger partial charge in [0.2, 0.25) is 6.79 Å². The molecule has 3 aromatic carbocycles. The van der Waals surface area contributed by atoms with Gasteiger partial charge in [0.15, 0.2) is 11.5 Å². The Morgan fingerprint density at radius 3 is 2.55 bits per heavy atom. The van der Waals surface area contributed by atoms with E-state index in [0.717, 1.165) is 26.5 Å². The Kier molecular flexibility index (Phi) is 4.28. The van der Waals surface area contributed by atoms with Gasteiger partial charge >= 0.3 is 0 Å². The SMILES string of the molecule is Nc1c(-c2ccccc2)c2cc(Br)ccc2c(=O)n1Cc1ccc2c(c1)OCO2. The van der Waals surface area contributed by atoms with Crippen molar-refractivity contribution in [2.75, 3.05) is 12.5 Å². The summed E-state index contributed by atoms with van der Waals surface area (Å²) in [6, 6.07) is 21.2. The largest absolute Gasteiger partial charge is 0.454 e. The van der Waals surface area contributed by atoms with Crippen LogP contribution in [0.5, 0.6) is 11.5 Å². The van der Waals surface area contributed by atoms with E-state index in [1.807, 2.05) is 66.7 Å². The third-order valence-electron chi connectivity index (χ3n) is 5.11. The molecule has 0 atom stereocenters. The molecule has 2 heterocycles. The number of halogens is 1. The van der Waals surface area contributed by atoms with Crippen LogP contribution in [0.25, 0.3) is 21.9 Å². The van der Waals surface area contributed by atoms with Gasteiger partial charge in [-0.3, -0.25) is 9.36 Å². The number of ether oxygens (including phenoxy) is 2. The summed E-state index contributed by atoms with van der Waals surface area (Å²) >= 11 is 3.51. The maximum absolute atomic E-state index is 13.3. The van der Waals surface area contributed by atoms with Gasteiger partial charge in [-0.25, -0.2) is 0 Å². The van der Waals surface area contributed by atoms with Crippen LogP contribution in [0, 0.1) is 0 Å². The number of hydrogen-bond acceptors (Lipinski definition) is 4. The van der Waals surface area contributed by atoms with Crippen molar-refractivity contribution in [3.63, 3.8) is 0 Å². The third kappa shape index (κ3) is 3.06. The summed E-state index contributed by atoms with van der Waals surface area (Å²) in [6.45, 7) is 0.553. The van der Waals surface area contributed by atoms with Gasteiger partial charge in [-0.1, -0.05) is 52.3 Å². The molecule has 2 N–H and O–H groups in total. The fraction of sp³-hybridized carbons (Fsp3) is 0.0870. The fourth-order valence-electron chi connectivity index (χ4n) is 3.72. The highest BCUT2D eigenvalue weighted by atomic mass is 79.9. The first kappa shape index (κ1) is 17.8. The minimum atomic E-state index is -0.123. The van der Waals surface area contributed by atoms with Gasteiger partial charge in [0.25, 0.3) is 5.56 Å². The van der Waals surface area contributed by atoms with E-state index >= 15 is 0 Å². The summed E-state index contributed by atoms with van der Waals surface area (Å²) in [6.07, 6.45) is 0. The van der Waals surface area contributed by atoms with Crippen molar-refractivity contribution < 1.29 is 9.47 Å². The van der Waals surface area contributed by atoms with Crippen molar-refractivity contribution in [2.24, 2.45) is 0 Å². The molecule has 5 rings (SSSR count). The molecule has 6 heteroatoms. The minimum absolute atomic E-state index is 0.123. The van der Waals surface area contributed by atoms with Crippen molar-refractivity contribution in [2.45, 2.75) is 6.54 Å². The minimum Gasteiger partial charge on any atom is -0.454 e. The first-order valence-corrected chi connectivity index (χ1v) is 9.96. The van der Waals surface area contributed by atoms with Gasteiger partial charge in [-0.15, -0.1) is 0 Å². The van der Waals surface area contributed by atoms with Crippen LogP contribution in [0.1, 0.15) is 5.56 Å². The average Bonchev–Trinajstić information content (AvgIpc) is 3.20. The van der Waals surface area contributed by atoms with Gasteiger partial charge < -0.3 is 15.2 Å². The van der Waals surface area contributed by atoms with Crippen LogP contribution in [-0.4, -0.2) is 11.4 Å². The number of nitrogen functional groups attached to an aromatic ring is 1. The lowest BCUT2D eigenvalue weighted by Crippen LogP contribution is -2.24. The van der Waals surface area contributed by atoms with Crippen molar-refractivity contribution in [3.8, 4) is 22.6 Å². The Labute approximate surface area is 175 Å². The highest BCUT2D eigenvalue weighted by Gasteiger charge is 2.18. The van der Waals surface area contributed by atoms with Crippen molar-refractivity contribution in [1.82, 2.24) is 4.57 Å². The van der Waals surface area contributed by atoms with Crippen molar-refractivity contribution in [3.05, 3.63) is 87.1 Å². The third-order valence-corrected chi connectivity index (χ3v) is 5.61. The Hall–Kier alpha value is -3.25. The molecule has 144 valence electrons. The molecule has 4 aromatic rings. The van der Waals surface area contributed by atoms with Gasteiger partial charge in [-0.05, 0) is 46.8 Å². The highest BCUT2D eigenvalue weighted by molar-refractivity contribution is 9.10. The standard InChI is InChI=1S/C23H17BrN2O3/c24-16-7-8-17-18(11-16)21(15-4-2-1-3-5-15)22(25)26(23(17)27)12-14-6-9-19-20(10-14)29-13-28-19/h1-11H,12-13,25H2. The number of pyridine rings is 1. The molecule has 1 aliphatic rings. The zero-order chi connectivity index (χ0) is 20.0. The number of fused-ring (bicyclic) bond motifs is 2. The molecule has 29 heavy (non-hydrogen) atoms. The molecule has 1 aliphatic heterocycles. The monoisotopic (exact) mass is 448 g/mol. The van der Waals surface area contributed by atoms with Crippen molar-refractivity contribution >= 4 is 32.5 Å². The van der Waals surface area contributed by atoms with Crippen LogP contribution >= 0.6 is 15.9 Å². The summed E-state index contributed by atoms with van der Waals surface area (Å²) in [5.41, 5.74) is 9.19. The highest BCUT2D eigenvalue weighted by Crippen LogP contribution is 2.35. The molecular formula is C23H17BrN2O3. The van der Waals surface area contributed by atoms with Crippen LogP contribution in [0.2, 0.25) is 0 Å². The normalized spacial score (nSPS) is 12.4. The zero-order valence-electron chi connectivity index (χ0n) is 15.4. The summed E-state index contributed by atoms with van der Waals surface area (Å²) < 4.78 is 13.4. The quantitative estimate of drug-likeness (QED) is 0.489. The van der Waals surface area contributed by atoms with Gasteiger partial charge in [-0.2, -0.15) is 0 Å². The van der Waals surface area contributed by atoms with Crippen LogP contribution in [0.3, 0.4) is 0 Å². The number of nitrogens with two attached hydrogens (primary N) is 1. The molecule has 5 nitrogen and oxygen atoms in total. The molecular weight excluding hydrogens is 432 g/mol. The Morgan fingerprint density at radius 1 is 0.931 bits per heavy atom. The lowest BCUT2D eigenvalue weighted by molar-refractivity contribution is 0.174. The Morgan fingerprint density at radius 2 is 1.72 bits per heavy atom. The Balaban J connectivity index is 1.74. The predicted octanol–water partition coefficient (Wildman–Crippen LogP) is 4.79. The van der Waals surface area contributed by atoms with E-state index < -0.39 is 0 Å². The van der Waals surface area contributed by atoms with E-state index in [-0.39, 0.29) is 12.4 Å². The van der Waals surface area contributed by atoms with Gasteiger partial charge in [0.05, 0.1) is 6.54 Å². The van der Waals surface area contributed by atoms with Crippen molar-refractivity contribution in [1.29, 1.82) is 0 Å². The second-order valence-electron chi connectivity index (χ2n) is 6.90. The van der Waals surface area contributed by atoms with E-state index in [9.17, 15) is 4.79 Å². The van der Waals surface area contributed by atoms with E-state index in [1.165, 1.54) is 0 Å². The molecule has 0 aliphatic carbocycles. The fourth-order valence-corrected chi connectivity index (χ4v) is 4.09. The van der Waals surface area contributed by atoms with Gasteiger partial charge in [0.1, 0.15) is 5.82 Å². The lowest BCUT2D eigenvalue weighted by atomic mass is 9.99. The van der Waals surface area contributed by atoms with Crippen LogP contribution < -0.4 is 20.8 Å². The van der Waals surface area contributed by atoms with E-state index in [1.54, 1.807) is 4.57 Å². The number of benzene rings is 3. The van der Waals surface area contributed by atoms with E-state index in [4.69, 9.17) is 15.2 Å². The number of nitrogens with zero attached hydrogens (tertiary/aromatic N) is 1. The molecule has 0 fully saturated rings. The molecule has 0 radical (unpaired) electrons. The summed E-state index contributed by atoms with van der Waals surface area (Å²) in [4.78, 5) is 13.3. The molecule has 0 amide bonds. The van der Waals surface area contributed by atoms with Gasteiger partial charge in [0, 0.05) is 15.4 Å². The maximum atomic E-state index is 13.3. The maximum Gasteiger partial charge on any atom is 0.260 e. The van der Waals surface area contributed by atoms with E-state index in [0.29, 0.717) is 29.2 Å². The molecule has 0 bridgehead atoms. The zero-order valence-corrected chi connectivity index (χ0v) is 17.0. The van der Waals surface area contributed by atoms with Crippen LogP contribution in [0.15, 0.2) is 76.0 Å². The molecule has 0 unspecified atom stereocenters. The topological polar surface area (TPSA) is 66.5 Å². The second-order valence-corrected chi connectivity index (χ2v) is 7.81. The number of aromatic nitrogens is 1. The average molecular weight is 449 g/mol. The molecule has 1 aromatic heterocycles. The number of rotatable bonds is 3. The lowest BCUT2D eigenvalue weighted by Gasteiger charge is -2.17. The first-order valence-electron chi connectivity index (χ1n) is 9.17. The number of anilines is 1. The van der Waals surface area contributed by atoms with E-state index in [2.05, 4.69) is 15.9 Å². The molecule has 0 saturated heterocycles. The Bertz CT molecular complexity index is 1300. The smallest absolute Gasteiger partial charge is 0.260 e. The van der Waals surface area contributed by atoms with Crippen LogP contribution in [-0.2, 0) is 6.54 Å². The van der Waals surface area contributed by atoms with Crippen LogP contribution in [0.4, 0.5) is 5.82 Å². The molecule has 0 saturated carbocycles. The molecule has 0 spiro atoms.